The molecular weight excluding hydrogens is 380 g/mol. The summed E-state index contributed by atoms with van der Waals surface area (Å²) in [7, 11) is 2.61. The molecule has 0 saturated heterocycles. The number of rotatable bonds is 3. The van der Waals surface area contributed by atoms with Crippen LogP contribution in [0.2, 0.25) is 0 Å². The Bertz CT molecular complexity index is 1440. The molecule has 0 unspecified atom stereocenters. The van der Waals surface area contributed by atoms with Crippen molar-refractivity contribution in [3.8, 4) is 11.3 Å². The van der Waals surface area contributed by atoms with E-state index >= 15 is 0 Å². The van der Waals surface area contributed by atoms with E-state index in [1.54, 1.807) is 0 Å². The molecule has 5 rings (SSSR count). The summed E-state index contributed by atoms with van der Waals surface area (Å²) < 4.78 is 12.0. The van der Waals surface area contributed by atoms with Crippen molar-refractivity contribution in [3.63, 3.8) is 0 Å². The molecular formula is C24H18N2O4. The molecule has 2 aromatic carbocycles. The van der Waals surface area contributed by atoms with Crippen LogP contribution in [0.1, 0.15) is 20.7 Å². The molecule has 5 aromatic rings. The second-order valence-electron chi connectivity index (χ2n) is 6.94. The van der Waals surface area contributed by atoms with E-state index in [1.807, 2.05) is 71.3 Å². The maximum atomic E-state index is 12.9. The van der Waals surface area contributed by atoms with Crippen molar-refractivity contribution in [2.45, 2.75) is 0 Å². The molecule has 1 N–H and O–H groups in total. The number of carbonyl (C=O) groups is 2. The Morgan fingerprint density at radius 1 is 0.800 bits per heavy atom. The third-order valence-corrected chi connectivity index (χ3v) is 5.40. The van der Waals surface area contributed by atoms with Crippen LogP contribution in [-0.2, 0) is 9.47 Å². The van der Waals surface area contributed by atoms with Gasteiger partial charge in [-0.2, -0.15) is 0 Å². The highest BCUT2D eigenvalue weighted by molar-refractivity contribution is 6.20. The first-order valence-corrected chi connectivity index (χ1v) is 9.45. The minimum atomic E-state index is -0.596. The van der Waals surface area contributed by atoms with Crippen LogP contribution in [0.3, 0.4) is 0 Å². The summed E-state index contributed by atoms with van der Waals surface area (Å²) in [5.41, 5.74) is 4.01. The van der Waals surface area contributed by atoms with Gasteiger partial charge in [0.15, 0.2) is 0 Å². The van der Waals surface area contributed by atoms with Gasteiger partial charge < -0.3 is 18.9 Å². The van der Waals surface area contributed by atoms with E-state index < -0.39 is 11.9 Å². The lowest BCUT2D eigenvalue weighted by Gasteiger charge is -2.06. The van der Waals surface area contributed by atoms with Gasteiger partial charge in [0.25, 0.3) is 0 Å². The van der Waals surface area contributed by atoms with Crippen LogP contribution in [0.25, 0.3) is 38.6 Å². The Kier molecular flexibility index (Phi) is 4.06. The van der Waals surface area contributed by atoms with Crippen molar-refractivity contribution in [2.75, 3.05) is 14.2 Å². The van der Waals surface area contributed by atoms with Gasteiger partial charge >= 0.3 is 11.9 Å². The zero-order valence-corrected chi connectivity index (χ0v) is 16.4. The van der Waals surface area contributed by atoms with Crippen LogP contribution in [0.5, 0.6) is 0 Å². The van der Waals surface area contributed by atoms with Crippen LogP contribution in [0.4, 0.5) is 0 Å². The van der Waals surface area contributed by atoms with Gasteiger partial charge in [-0.15, -0.1) is 0 Å². The van der Waals surface area contributed by atoms with E-state index in [0.717, 1.165) is 27.4 Å². The molecule has 0 aliphatic heterocycles. The Hall–Kier alpha value is -4.06. The standard InChI is InChI=1S/C24H18N2O4/c1-29-23(27)18-19(24(28)30-2)22-20-16(15-10-6-7-11-17(15)25-20)12-13-26(22)21(18)14-8-4-3-5-9-14/h3-13,25H,1-2H3. The minimum Gasteiger partial charge on any atom is -0.465 e. The molecule has 0 fully saturated rings. The molecule has 30 heavy (non-hydrogen) atoms. The number of pyridine rings is 1. The molecule has 0 amide bonds. The van der Waals surface area contributed by atoms with Crippen molar-refractivity contribution < 1.29 is 19.1 Å². The first-order valence-electron chi connectivity index (χ1n) is 9.45. The number of hydrogen-bond acceptors (Lipinski definition) is 4. The smallest absolute Gasteiger partial charge is 0.341 e. The highest BCUT2D eigenvalue weighted by Gasteiger charge is 2.31. The van der Waals surface area contributed by atoms with Crippen LogP contribution in [0.15, 0.2) is 66.9 Å². The summed E-state index contributed by atoms with van der Waals surface area (Å²) >= 11 is 0. The summed E-state index contributed by atoms with van der Waals surface area (Å²) in [5.74, 6) is -1.19. The van der Waals surface area contributed by atoms with E-state index in [4.69, 9.17) is 9.47 Å². The fourth-order valence-corrected chi connectivity index (χ4v) is 4.14. The third-order valence-electron chi connectivity index (χ3n) is 5.40. The monoisotopic (exact) mass is 398 g/mol. The largest absolute Gasteiger partial charge is 0.465 e. The summed E-state index contributed by atoms with van der Waals surface area (Å²) in [5, 5.41) is 1.99. The number of benzene rings is 2. The molecule has 0 atom stereocenters. The van der Waals surface area contributed by atoms with Crippen LogP contribution in [0, 0.1) is 0 Å². The number of para-hydroxylation sites is 1. The lowest BCUT2D eigenvalue weighted by atomic mass is 10.0. The fraction of sp³-hybridized carbons (Fsp3) is 0.0833. The summed E-state index contributed by atoms with van der Waals surface area (Å²) in [6.07, 6.45) is 1.87. The topological polar surface area (TPSA) is 72.8 Å². The average molecular weight is 398 g/mol. The van der Waals surface area contributed by atoms with Crippen molar-refractivity contribution in [1.82, 2.24) is 9.38 Å². The molecule has 0 bridgehead atoms. The number of H-pyrrole nitrogens is 1. The maximum absolute atomic E-state index is 12.9. The Morgan fingerprint density at radius 2 is 1.47 bits per heavy atom. The van der Waals surface area contributed by atoms with Gasteiger partial charge in [-0.25, -0.2) is 9.59 Å². The van der Waals surface area contributed by atoms with Crippen molar-refractivity contribution in [1.29, 1.82) is 0 Å². The van der Waals surface area contributed by atoms with E-state index in [0.29, 0.717) is 11.2 Å². The summed E-state index contributed by atoms with van der Waals surface area (Å²) in [6, 6.07) is 19.3. The summed E-state index contributed by atoms with van der Waals surface area (Å²) in [6.45, 7) is 0. The van der Waals surface area contributed by atoms with Crippen LogP contribution < -0.4 is 0 Å². The highest BCUT2D eigenvalue weighted by Crippen LogP contribution is 2.38. The lowest BCUT2D eigenvalue weighted by Crippen LogP contribution is -2.10. The number of esters is 2. The van der Waals surface area contributed by atoms with Gasteiger partial charge in [-0.3, -0.25) is 0 Å². The molecule has 6 heteroatoms. The van der Waals surface area contributed by atoms with Gasteiger partial charge in [0.2, 0.25) is 0 Å². The normalized spacial score (nSPS) is 11.3. The molecule has 3 aromatic heterocycles. The number of hydrogen-bond donors (Lipinski definition) is 1. The number of nitrogens with one attached hydrogen (secondary N) is 1. The van der Waals surface area contributed by atoms with E-state index in [9.17, 15) is 9.59 Å². The SMILES string of the molecule is COC(=O)c1c(C(=O)OC)c2c3[nH]c4ccccc4c3ccn2c1-c1ccccc1. The number of ether oxygens (including phenoxy) is 2. The highest BCUT2D eigenvalue weighted by atomic mass is 16.5. The predicted molar refractivity (Wildman–Crippen MR) is 115 cm³/mol. The van der Waals surface area contributed by atoms with Crippen LogP contribution in [-0.4, -0.2) is 35.5 Å². The van der Waals surface area contributed by atoms with Gasteiger partial charge in [-0.05, 0) is 17.7 Å². The maximum Gasteiger partial charge on any atom is 0.341 e. The molecule has 0 aliphatic carbocycles. The average Bonchev–Trinajstić information content (AvgIpc) is 3.34. The molecule has 0 spiro atoms. The summed E-state index contributed by atoms with van der Waals surface area (Å²) in [4.78, 5) is 29.2. The predicted octanol–water partition coefficient (Wildman–Crippen LogP) is 4.81. The van der Waals surface area contributed by atoms with E-state index in [1.165, 1.54) is 14.2 Å². The zero-order chi connectivity index (χ0) is 20.8. The first-order chi connectivity index (χ1) is 14.7. The van der Waals surface area contributed by atoms with Gasteiger partial charge in [0.05, 0.1) is 30.9 Å². The second kappa shape index (κ2) is 6.77. The first kappa shape index (κ1) is 18.0. The van der Waals surface area contributed by atoms with E-state index in [2.05, 4.69) is 4.98 Å². The van der Waals surface area contributed by atoms with Gasteiger partial charge in [0, 0.05) is 22.5 Å². The zero-order valence-electron chi connectivity index (χ0n) is 16.4. The quantitative estimate of drug-likeness (QED) is 0.443. The Balaban J connectivity index is 2.04. The molecule has 6 nitrogen and oxygen atoms in total. The van der Waals surface area contributed by atoms with Gasteiger partial charge in [-0.1, -0.05) is 48.5 Å². The second-order valence-corrected chi connectivity index (χ2v) is 6.94. The number of methoxy groups -OCH3 is 2. The third kappa shape index (κ3) is 2.43. The number of carbonyl (C=O) groups excluding carboxylic acids is 2. The fourth-order valence-electron chi connectivity index (χ4n) is 4.14. The molecule has 148 valence electrons. The van der Waals surface area contributed by atoms with Crippen molar-refractivity contribution >= 4 is 39.3 Å². The number of aromatic amines is 1. The van der Waals surface area contributed by atoms with Crippen molar-refractivity contribution in [3.05, 3.63) is 78.0 Å². The van der Waals surface area contributed by atoms with Crippen LogP contribution >= 0.6 is 0 Å². The number of nitrogens with zero attached hydrogens (tertiary/aromatic N) is 1. The van der Waals surface area contributed by atoms with E-state index in [-0.39, 0.29) is 11.1 Å². The Labute approximate surface area is 171 Å². The minimum absolute atomic E-state index is 0.181. The van der Waals surface area contributed by atoms with Crippen molar-refractivity contribution in [2.24, 2.45) is 0 Å². The molecule has 0 radical (unpaired) electrons. The molecule has 3 heterocycles. The lowest BCUT2D eigenvalue weighted by molar-refractivity contribution is 0.0558. The molecule has 0 aliphatic rings. The Morgan fingerprint density at radius 3 is 2.20 bits per heavy atom. The molecule has 0 saturated carbocycles. The van der Waals surface area contributed by atoms with Gasteiger partial charge in [0.1, 0.15) is 11.1 Å². The number of fused-ring (bicyclic) bond motifs is 5. The number of aromatic nitrogens is 2.